The molecule has 5 aromatic heterocycles. The molecule has 42 heteroatoms. The smallest absolute Gasteiger partial charge is 0.305 e. The monoisotopic (exact) mass is 1900 g/mol. The number of Topliss-reactive ketones (excluding diaryl/α,β-unsaturated/α-hetero) is 2. The molecule has 39 nitrogen and oxygen atoms in total. The summed E-state index contributed by atoms with van der Waals surface area (Å²) < 4.78 is 0. The molecule has 5 aliphatic rings. The van der Waals surface area contributed by atoms with Crippen LogP contribution in [0.1, 0.15) is 131 Å². The highest BCUT2D eigenvalue weighted by Crippen LogP contribution is 2.29. The van der Waals surface area contributed by atoms with Gasteiger partial charge in [-0.05, 0) is 111 Å². The topological polar surface area (TPSA) is 574 Å². The summed E-state index contributed by atoms with van der Waals surface area (Å²) in [7, 11) is 0. The first-order valence-electron chi connectivity index (χ1n) is 44.6. The van der Waals surface area contributed by atoms with Gasteiger partial charge >= 0.3 is 5.97 Å². The molecule has 0 spiro atoms. The van der Waals surface area contributed by atoms with Crippen LogP contribution >= 0.6 is 35.3 Å². The minimum Gasteiger partial charge on any atom is -0.481 e. The van der Waals surface area contributed by atoms with Crippen LogP contribution in [-0.4, -0.2) is 269 Å². The second-order valence-corrected chi connectivity index (χ2v) is 38.1. The number of aliphatic hydroxyl groups excluding tert-OH is 1. The normalized spacial score (nSPS) is 24.8. The summed E-state index contributed by atoms with van der Waals surface area (Å²) >= 11 is 2.86. The highest BCUT2D eigenvalue weighted by molar-refractivity contribution is 8.00. The van der Waals surface area contributed by atoms with Crippen LogP contribution in [0.2, 0.25) is 0 Å². The number of fused-ring (bicyclic) bond motifs is 14. The van der Waals surface area contributed by atoms with Crippen molar-refractivity contribution in [1.82, 2.24) is 92.4 Å². The number of aromatic nitrogens is 5. The van der Waals surface area contributed by atoms with E-state index < -0.39 is 228 Å². The average Bonchev–Trinajstić information content (AvgIpc) is 1.60. The summed E-state index contributed by atoms with van der Waals surface area (Å²) in [6.45, 7) is 5.82. The Balaban J connectivity index is 0.938. The van der Waals surface area contributed by atoms with Crippen LogP contribution in [0.15, 0.2) is 116 Å². The highest BCUT2D eigenvalue weighted by atomic mass is 32.2. The fraction of sp³-hybridized carbons (Fsp3) is 0.478. The maximum atomic E-state index is 15.7. The van der Waals surface area contributed by atoms with E-state index in [4.69, 9.17) is 26.4 Å². The third-order valence-corrected chi connectivity index (χ3v) is 27.2. The number of aliphatic hydroxyl groups is 1. The van der Waals surface area contributed by atoms with E-state index in [-0.39, 0.29) is 107 Å². The van der Waals surface area contributed by atoms with Crippen molar-refractivity contribution in [2.75, 3.05) is 47.6 Å². The fourth-order valence-electron chi connectivity index (χ4n) is 16.7. The summed E-state index contributed by atoms with van der Waals surface area (Å²) in [6.07, 6.45) is -0.560. The molecule has 714 valence electrons. The van der Waals surface area contributed by atoms with Crippen LogP contribution in [0.3, 0.4) is 0 Å². The van der Waals surface area contributed by atoms with Crippen molar-refractivity contribution in [2.24, 2.45) is 35.1 Å². The molecule has 2 fully saturated rings. The predicted molar refractivity (Wildman–Crippen MR) is 496 cm³/mol. The van der Waals surface area contributed by atoms with E-state index in [0.717, 1.165) is 35.3 Å². The average molecular weight is 1900 g/mol. The number of hydrogen-bond acceptors (Lipinski definition) is 25. The number of nitrogens with two attached hydrogens (primary N) is 2. The van der Waals surface area contributed by atoms with E-state index in [0.29, 0.717) is 73.5 Å². The van der Waals surface area contributed by atoms with Crippen LogP contribution in [-0.2, 0) is 134 Å². The molecule has 9 heterocycles. The standard InChI is InChI=1S/C92H114N20O19S3/c1-49(2)80-91(130)103-68(33-79(120)121)86(125)97-36-75(116)101-66(29-53-34-95-64-24-8-6-22-62(53)64)87(126)107-81(50(3)4)92(131)112-28-14-26-71(112)90(129)104-69(83(94)122)44-133-47-77(118)110-39-58-18-11-16-56(98-58)37-109-38-57-17-12-20-60(99-57)41-111(42-61-21-13-19-59(40-110)100-61)78(119)48-134-45-70(89(128)102-67(88(127)106-80)30-54-35-96-65-25-9-7-23-63(54)65)105-84(123)52-15-10-27-72(113)82(74(115)31-52)108-85(124)55(32-73(114)51(5)93)43-132-46-76(109)117/h6-9,11-13,16-25,34-35,49-52,55,66-72,80-82,95-96,113H,10,14-15,26-33,36-48,93H2,1-5H3,(H2,94,122)(H,97,125)(H,101,116)(H,102,128)(H,103,130)(H,104,129)(H,105,123)(H,106,127)(H,107,126)(H,108,124)(H,120,121)/t51-,52+,55-,66-,67-,68-,69-,70-,71-,72+,80-,81-,82-/m0/s1. The Bertz CT molecular complexity index is 5560. The maximum absolute atomic E-state index is 15.7. The molecule has 13 atom stereocenters. The summed E-state index contributed by atoms with van der Waals surface area (Å²) in [5.41, 5.74) is 16.5. The number of carboxylic acid groups (broad SMARTS) is 1. The number of carbonyl (C=O) groups is 17. The van der Waals surface area contributed by atoms with Crippen molar-refractivity contribution in [1.29, 1.82) is 0 Å². The third kappa shape index (κ3) is 27.1. The van der Waals surface area contributed by atoms with Gasteiger partial charge in [-0.25, -0.2) is 0 Å². The number of ketones is 2. The Kier molecular flexibility index (Phi) is 35.0. The largest absolute Gasteiger partial charge is 0.481 e. The van der Waals surface area contributed by atoms with Crippen LogP contribution in [0.5, 0.6) is 0 Å². The second-order valence-electron chi connectivity index (χ2n) is 35.0. The SMILES string of the molecule is CC(C)[C@@H]1NC(=O)[C@H](Cc2c[nH]c3ccccc23)NC(=O)[C@@H]2CSCC(=O)N3Cc4cccc(n4)CN(Cc4cccc(n4)CN(Cc4cccc(n4)C3)C(=O)CSC[C@@H](C(N)=O)NC(=O)[C@@H]3CCCN3C(=O)[C@H](C(C)C)NC(=O)[C@H](Cc3c[nH]c4ccccc34)NC(=O)CNC(=O)[C@H](CC(=O)O)NC1=O)C(=O)CSC[C@H](CC(=O)[C@H](C)N)C(=O)N[C@@H]1C(=O)C[C@@H](CCC[C@H]1O)C(=O)N2. The van der Waals surface area contributed by atoms with E-state index in [1.807, 2.05) is 0 Å². The number of hydrogen-bond donors (Lipinski definition) is 15. The molecule has 0 unspecified atom stereocenters. The van der Waals surface area contributed by atoms with Gasteiger partial charge < -0.3 is 99.1 Å². The number of para-hydroxylation sites is 2. The van der Waals surface area contributed by atoms with Crippen molar-refractivity contribution in [3.63, 3.8) is 0 Å². The number of pyridine rings is 3. The van der Waals surface area contributed by atoms with Gasteiger partial charge in [-0.1, -0.05) is 82.3 Å². The number of amides is 14. The lowest BCUT2D eigenvalue weighted by molar-refractivity contribution is -0.143. The first-order valence-corrected chi connectivity index (χ1v) is 48.1. The molecule has 1 saturated heterocycles. The van der Waals surface area contributed by atoms with Gasteiger partial charge in [0, 0.05) is 89.6 Å². The molecule has 14 amide bonds. The number of benzene rings is 2. The summed E-state index contributed by atoms with van der Waals surface area (Å²) in [4.78, 5) is 276. The van der Waals surface area contributed by atoms with Crippen molar-refractivity contribution in [3.05, 3.63) is 161 Å². The van der Waals surface area contributed by atoms with Gasteiger partial charge in [-0.2, -0.15) is 11.8 Å². The quantitative estimate of drug-likeness (QED) is 0.0802. The zero-order valence-electron chi connectivity index (χ0n) is 74.9. The van der Waals surface area contributed by atoms with Crippen molar-refractivity contribution in [3.8, 4) is 0 Å². The zero-order valence-corrected chi connectivity index (χ0v) is 77.4. The Morgan fingerprint density at radius 2 is 0.970 bits per heavy atom. The minimum atomic E-state index is -1.95. The Labute approximate surface area is 785 Å². The predicted octanol–water partition coefficient (Wildman–Crippen LogP) is 0.747. The Morgan fingerprint density at radius 3 is 1.47 bits per heavy atom. The van der Waals surface area contributed by atoms with Crippen LogP contribution in [0.4, 0.5) is 0 Å². The highest BCUT2D eigenvalue weighted by Gasteiger charge is 2.44. The summed E-state index contributed by atoms with van der Waals surface area (Å²) in [5, 5.41) is 47.1. The number of aromatic amines is 2. The number of nitrogens with zero attached hydrogens (tertiary/aromatic N) is 7. The molecule has 1 aliphatic carbocycles. The lowest BCUT2D eigenvalue weighted by Gasteiger charge is -2.32. The fourth-order valence-corrected chi connectivity index (χ4v) is 19.6. The van der Waals surface area contributed by atoms with E-state index in [1.165, 1.54) is 40.4 Å². The van der Waals surface area contributed by atoms with Crippen LogP contribution in [0, 0.1) is 23.7 Å². The van der Waals surface area contributed by atoms with Gasteiger partial charge in [-0.3, -0.25) is 96.5 Å². The van der Waals surface area contributed by atoms with Gasteiger partial charge in [0.15, 0.2) is 5.78 Å². The molecule has 12 bridgehead atoms. The molecule has 12 rings (SSSR count). The van der Waals surface area contributed by atoms with E-state index >= 15 is 33.6 Å². The number of rotatable bonds is 12. The van der Waals surface area contributed by atoms with Gasteiger partial charge in [0.25, 0.3) is 0 Å². The van der Waals surface area contributed by atoms with Crippen molar-refractivity contribution < 1.29 is 91.7 Å². The third-order valence-electron chi connectivity index (χ3n) is 24.1. The Hall–Kier alpha value is -12.7. The zero-order chi connectivity index (χ0) is 96.1. The van der Waals surface area contributed by atoms with Gasteiger partial charge in [-0.15, -0.1) is 23.5 Å². The van der Waals surface area contributed by atoms with Crippen LogP contribution < -0.4 is 59.3 Å². The number of H-pyrrole nitrogens is 2. The lowest BCUT2D eigenvalue weighted by atomic mass is 9.85. The second kappa shape index (κ2) is 46.8. The molecule has 1 saturated carbocycles. The number of nitrogens with one attached hydrogen (secondary N) is 11. The molecule has 4 aliphatic heterocycles. The number of thioether (sulfide) groups is 3. The molecule has 0 radical (unpaired) electrons. The molecule has 2 aromatic carbocycles. The maximum Gasteiger partial charge on any atom is 0.305 e. The minimum absolute atomic E-state index is 0.0355. The van der Waals surface area contributed by atoms with E-state index in [2.05, 4.69) is 57.8 Å². The van der Waals surface area contributed by atoms with Gasteiger partial charge in [0.05, 0.1) is 122 Å². The molecule has 17 N–H and O–H groups in total. The molecule has 7 aromatic rings. The first kappa shape index (κ1) is 100. The molecular weight excluding hydrogens is 1790 g/mol. The molecular formula is C92H114N20O19S3. The number of carbonyl (C=O) groups excluding carboxylic acids is 16. The van der Waals surface area contributed by atoms with Crippen LogP contribution in [0.25, 0.3) is 21.8 Å². The summed E-state index contributed by atoms with van der Waals surface area (Å²) in [5.74, 6) is -20.8. The van der Waals surface area contributed by atoms with Gasteiger partial charge in [0.2, 0.25) is 82.7 Å². The van der Waals surface area contributed by atoms with E-state index in [1.54, 1.807) is 129 Å². The first-order chi connectivity index (χ1) is 64.1. The summed E-state index contributed by atoms with van der Waals surface area (Å²) in [6, 6.07) is 14.2. The number of aliphatic carboxylic acids is 1. The lowest BCUT2D eigenvalue weighted by Crippen LogP contribution is -2.61. The Morgan fingerprint density at radius 1 is 0.485 bits per heavy atom. The number of primary amides is 1. The molecule has 134 heavy (non-hydrogen) atoms. The van der Waals surface area contributed by atoms with Crippen molar-refractivity contribution >= 4 is 157 Å². The number of carboxylic acids is 1. The van der Waals surface area contributed by atoms with Crippen molar-refractivity contribution in [2.45, 2.75) is 205 Å². The van der Waals surface area contributed by atoms with Gasteiger partial charge in [0.1, 0.15) is 60.2 Å². The van der Waals surface area contributed by atoms with E-state index in [9.17, 15) is 58.2 Å².